The Balaban J connectivity index is 2.76. The maximum Gasteiger partial charge on any atom is 0.328 e. The second kappa shape index (κ2) is 5.86. The number of hydrogen-bond acceptors (Lipinski definition) is 5. The van der Waals surface area contributed by atoms with E-state index in [9.17, 15) is 9.59 Å². The van der Waals surface area contributed by atoms with Crippen molar-refractivity contribution in [2.45, 2.75) is 25.9 Å². The third kappa shape index (κ3) is 3.46. The molecule has 17 heavy (non-hydrogen) atoms. The molecule has 0 aliphatic carbocycles. The van der Waals surface area contributed by atoms with Crippen molar-refractivity contribution in [3.63, 3.8) is 0 Å². The summed E-state index contributed by atoms with van der Waals surface area (Å²) >= 11 is 0. The van der Waals surface area contributed by atoms with Crippen molar-refractivity contribution in [2.75, 3.05) is 6.61 Å². The summed E-state index contributed by atoms with van der Waals surface area (Å²) in [7, 11) is 0. The molecule has 0 unspecified atom stereocenters. The van der Waals surface area contributed by atoms with Gasteiger partial charge in [-0.1, -0.05) is 0 Å². The van der Waals surface area contributed by atoms with Crippen molar-refractivity contribution in [3.05, 3.63) is 32.6 Å². The van der Waals surface area contributed by atoms with Crippen LogP contribution in [0, 0.1) is 18.4 Å². The molecule has 1 rings (SSSR count). The Bertz CT molecular complexity index is 526. The number of nitriles is 1. The van der Waals surface area contributed by atoms with Crippen LogP contribution < -0.4 is 16.6 Å². The SMILES string of the molecule is Cc1cn(CC[C@H](CO)NC#N)c(=O)[nH]c1=O. The van der Waals surface area contributed by atoms with Gasteiger partial charge in [0, 0.05) is 18.3 Å². The number of H-pyrrole nitrogens is 1. The fraction of sp³-hybridized carbons (Fsp3) is 0.500. The molecule has 1 heterocycles. The van der Waals surface area contributed by atoms with Gasteiger partial charge in [0.1, 0.15) is 0 Å². The number of rotatable bonds is 5. The molecule has 0 fully saturated rings. The molecule has 7 nitrogen and oxygen atoms in total. The van der Waals surface area contributed by atoms with E-state index in [2.05, 4.69) is 10.3 Å². The van der Waals surface area contributed by atoms with Crippen LogP contribution in [-0.4, -0.2) is 27.3 Å². The van der Waals surface area contributed by atoms with Gasteiger partial charge in [0.2, 0.25) is 0 Å². The predicted molar refractivity (Wildman–Crippen MR) is 60.3 cm³/mol. The lowest BCUT2D eigenvalue weighted by atomic mass is 10.2. The van der Waals surface area contributed by atoms with Crippen LogP contribution >= 0.6 is 0 Å². The highest BCUT2D eigenvalue weighted by molar-refractivity contribution is 5.00. The molecule has 92 valence electrons. The Labute approximate surface area is 97.3 Å². The summed E-state index contributed by atoms with van der Waals surface area (Å²) in [5.74, 6) is 0. The van der Waals surface area contributed by atoms with Crippen LogP contribution in [0.15, 0.2) is 15.8 Å². The molecule has 0 bridgehead atoms. The Morgan fingerprint density at radius 2 is 2.35 bits per heavy atom. The van der Waals surface area contributed by atoms with Crippen LogP contribution in [0.2, 0.25) is 0 Å². The number of hydrogen-bond donors (Lipinski definition) is 3. The maximum atomic E-state index is 11.4. The second-order valence-corrected chi connectivity index (χ2v) is 3.69. The van der Waals surface area contributed by atoms with Gasteiger partial charge in [-0.3, -0.25) is 9.78 Å². The molecule has 0 amide bonds. The normalized spacial score (nSPS) is 11.8. The van der Waals surface area contributed by atoms with Gasteiger partial charge in [-0.05, 0) is 13.3 Å². The molecule has 0 spiro atoms. The number of aliphatic hydroxyl groups is 1. The van der Waals surface area contributed by atoms with Crippen molar-refractivity contribution >= 4 is 0 Å². The van der Waals surface area contributed by atoms with E-state index in [-0.39, 0.29) is 12.6 Å². The van der Waals surface area contributed by atoms with E-state index in [1.165, 1.54) is 10.8 Å². The third-order valence-electron chi connectivity index (χ3n) is 2.40. The van der Waals surface area contributed by atoms with Gasteiger partial charge < -0.3 is 15.0 Å². The van der Waals surface area contributed by atoms with Gasteiger partial charge in [0.25, 0.3) is 5.56 Å². The zero-order chi connectivity index (χ0) is 12.8. The van der Waals surface area contributed by atoms with Gasteiger partial charge in [0.05, 0.1) is 12.6 Å². The summed E-state index contributed by atoms with van der Waals surface area (Å²) in [5.41, 5.74) is -0.451. The summed E-state index contributed by atoms with van der Waals surface area (Å²) < 4.78 is 1.35. The maximum absolute atomic E-state index is 11.4. The van der Waals surface area contributed by atoms with E-state index in [0.29, 0.717) is 18.5 Å². The summed E-state index contributed by atoms with van der Waals surface area (Å²) in [6, 6.07) is -0.390. The number of nitrogens with zero attached hydrogens (tertiary/aromatic N) is 2. The van der Waals surface area contributed by atoms with Crippen molar-refractivity contribution in [1.82, 2.24) is 14.9 Å². The van der Waals surface area contributed by atoms with E-state index >= 15 is 0 Å². The van der Waals surface area contributed by atoms with Crippen LogP contribution in [0.25, 0.3) is 0 Å². The average molecular weight is 238 g/mol. The first-order valence-corrected chi connectivity index (χ1v) is 5.14. The Morgan fingerprint density at radius 3 is 2.94 bits per heavy atom. The molecule has 1 atom stereocenters. The standard InChI is InChI=1S/C10H14N4O3/c1-7-4-14(10(17)13-9(7)16)3-2-8(5-15)12-6-11/h4,8,12,15H,2-3,5H2,1H3,(H,13,16,17)/t8-/m1/s1. The molecule has 3 N–H and O–H groups in total. The van der Waals surface area contributed by atoms with E-state index in [4.69, 9.17) is 10.4 Å². The lowest BCUT2D eigenvalue weighted by Crippen LogP contribution is -2.34. The molecule has 1 aromatic heterocycles. The minimum atomic E-state index is -0.491. The third-order valence-corrected chi connectivity index (χ3v) is 2.40. The van der Waals surface area contributed by atoms with E-state index in [0.717, 1.165) is 0 Å². The highest BCUT2D eigenvalue weighted by atomic mass is 16.3. The zero-order valence-electron chi connectivity index (χ0n) is 9.43. The Hall–Kier alpha value is -2.07. The summed E-state index contributed by atoms with van der Waals surface area (Å²) in [4.78, 5) is 24.7. The van der Waals surface area contributed by atoms with E-state index < -0.39 is 11.2 Å². The smallest absolute Gasteiger partial charge is 0.328 e. The number of aromatic amines is 1. The molecule has 0 radical (unpaired) electrons. The van der Waals surface area contributed by atoms with Crippen molar-refractivity contribution in [3.8, 4) is 6.19 Å². The number of nitrogens with one attached hydrogen (secondary N) is 2. The predicted octanol–water partition coefficient (Wildman–Crippen LogP) is -1.33. The molecule has 0 aliphatic rings. The van der Waals surface area contributed by atoms with Gasteiger partial charge in [-0.15, -0.1) is 0 Å². The molecule has 0 aliphatic heterocycles. The average Bonchev–Trinajstić information content (AvgIpc) is 2.30. The highest BCUT2D eigenvalue weighted by Gasteiger charge is 2.07. The van der Waals surface area contributed by atoms with Crippen LogP contribution in [0.5, 0.6) is 0 Å². The fourth-order valence-corrected chi connectivity index (χ4v) is 1.38. The largest absolute Gasteiger partial charge is 0.394 e. The van der Waals surface area contributed by atoms with E-state index in [1.807, 2.05) is 0 Å². The Morgan fingerprint density at radius 1 is 1.65 bits per heavy atom. The lowest BCUT2D eigenvalue weighted by molar-refractivity contribution is 0.242. The van der Waals surface area contributed by atoms with Crippen molar-refractivity contribution in [2.24, 2.45) is 0 Å². The van der Waals surface area contributed by atoms with Gasteiger partial charge in [0.15, 0.2) is 6.19 Å². The van der Waals surface area contributed by atoms with Gasteiger partial charge in [-0.2, -0.15) is 5.26 Å². The van der Waals surface area contributed by atoms with Crippen LogP contribution in [0.1, 0.15) is 12.0 Å². The molecular formula is C10H14N4O3. The molecule has 7 heteroatoms. The molecule has 0 aromatic carbocycles. The van der Waals surface area contributed by atoms with Gasteiger partial charge in [-0.25, -0.2) is 4.79 Å². The summed E-state index contributed by atoms with van der Waals surface area (Å²) in [6.07, 6.45) is 3.61. The number of aliphatic hydroxyl groups excluding tert-OH is 1. The lowest BCUT2D eigenvalue weighted by Gasteiger charge is -2.12. The minimum absolute atomic E-state index is 0.190. The van der Waals surface area contributed by atoms with Crippen molar-refractivity contribution in [1.29, 1.82) is 5.26 Å². The molecule has 1 aromatic rings. The first kappa shape index (κ1) is 13.0. The number of aryl methyl sites for hydroxylation is 2. The topological polar surface area (TPSA) is 111 Å². The zero-order valence-corrected chi connectivity index (χ0v) is 9.43. The quantitative estimate of drug-likeness (QED) is 0.434. The minimum Gasteiger partial charge on any atom is -0.394 e. The van der Waals surface area contributed by atoms with E-state index in [1.54, 1.807) is 13.1 Å². The van der Waals surface area contributed by atoms with Crippen LogP contribution in [0.3, 0.4) is 0 Å². The second-order valence-electron chi connectivity index (χ2n) is 3.69. The number of aromatic nitrogens is 2. The van der Waals surface area contributed by atoms with Crippen molar-refractivity contribution < 1.29 is 5.11 Å². The fourth-order valence-electron chi connectivity index (χ4n) is 1.38. The monoisotopic (exact) mass is 238 g/mol. The summed E-state index contributed by atoms with van der Waals surface area (Å²) in [6.45, 7) is 1.73. The first-order chi connectivity index (χ1) is 8.08. The molecule has 0 saturated carbocycles. The molecular weight excluding hydrogens is 224 g/mol. The summed E-state index contributed by atoms with van der Waals surface area (Å²) in [5, 5.41) is 19.8. The molecule has 0 saturated heterocycles. The first-order valence-electron chi connectivity index (χ1n) is 5.14. The van der Waals surface area contributed by atoms with Crippen LogP contribution in [0.4, 0.5) is 0 Å². The van der Waals surface area contributed by atoms with Crippen LogP contribution in [-0.2, 0) is 6.54 Å². The van der Waals surface area contributed by atoms with Gasteiger partial charge >= 0.3 is 5.69 Å². The Kier molecular flexibility index (Phi) is 4.48. The highest BCUT2D eigenvalue weighted by Crippen LogP contribution is 1.94.